The van der Waals surface area contributed by atoms with E-state index < -0.39 is 12.1 Å². The Labute approximate surface area is 130 Å². The molecule has 0 aromatic rings. The SMILES string of the molecule is CCOC(=O)/C=C(/C)OC(C1=CC=CCC1)C1=COC=CO1. The largest absolute Gasteiger partial charge is 0.482 e. The van der Waals surface area contributed by atoms with E-state index >= 15 is 0 Å². The molecule has 2 rings (SSSR count). The van der Waals surface area contributed by atoms with Gasteiger partial charge in [0.1, 0.15) is 24.5 Å². The van der Waals surface area contributed by atoms with E-state index in [1.165, 1.54) is 24.9 Å². The highest BCUT2D eigenvalue weighted by molar-refractivity contribution is 5.82. The Hall–Kier alpha value is -2.43. The van der Waals surface area contributed by atoms with Gasteiger partial charge < -0.3 is 18.9 Å². The van der Waals surface area contributed by atoms with E-state index in [2.05, 4.69) is 6.08 Å². The number of rotatable bonds is 6. The van der Waals surface area contributed by atoms with Gasteiger partial charge in [-0.15, -0.1) is 0 Å². The smallest absolute Gasteiger partial charge is 0.334 e. The van der Waals surface area contributed by atoms with Crippen molar-refractivity contribution >= 4 is 5.97 Å². The Balaban J connectivity index is 2.14. The van der Waals surface area contributed by atoms with E-state index in [0.29, 0.717) is 18.1 Å². The highest BCUT2D eigenvalue weighted by atomic mass is 16.6. The summed E-state index contributed by atoms with van der Waals surface area (Å²) in [5.41, 5.74) is 1.06. The highest BCUT2D eigenvalue weighted by Crippen LogP contribution is 2.27. The molecule has 1 unspecified atom stereocenters. The molecule has 118 valence electrons. The Kier molecular flexibility index (Phi) is 5.89. The van der Waals surface area contributed by atoms with Crippen molar-refractivity contribution in [2.75, 3.05) is 6.61 Å². The first-order chi connectivity index (χ1) is 10.7. The van der Waals surface area contributed by atoms with E-state index in [-0.39, 0.29) is 0 Å². The van der Waals surface area contributed by atoms with Crippen molar-refractivity contribution in [2.24, 2.45) is 0 Å². The fourth-order valence-corrected chi connectivity index (χ4v) is 2.12. The van der Waals surface area contributed by atoms with Gasteiger partial charge in [-0.25, -0.2) is 4.79 Å². The number of allylic oxidation sites excluding steroid dienone is 4. The third kappa shape index (κ3) is 4.55. The molecule has 0 fully saturated rings. The zero-order valence-electron chi connectivity index (χ0n) is 12.8. The molecule has 1 heterocycles. The van der Waals surface area contributed by atoms with Gasteiger partial charge in [-0.3, -0.25) is 0 Å². The normalized spacial score (nSPS) is 18.5. The highest BCUT2D eigenvalue weighted by Gasteiger charge is 2.24. The molecule has 0 N–H and O–H groups in total. The van der Waals surface area contributed by atoms with Crippen LogP contribution in [0.2, 0.25) is 0 Å². The maximum atomic E-state index is 11.5. The summed E-state index contributed by atoms with van der Waals surface area (Å²) < 4.78 is 21.4. The summed E-state index contributed by atoms with van der Waals surface area (Å²) in [6.07, 6.45) is 13.2. The summed E-state index contributed by atoms with van der Waals surface area (Å²) in [5, 5.41) is 0. The summed E-state index contributed by atoms with van der Waals surface area (Å²) in [7, 11) is 0. The van der Waals surface area contributed by atoms with E-state index in [0.717, 1.165) is 18.4 Å². The molecule has 0 spiro atoms. The molecular weight excluding hydrogens is 284 g/mol. The Bertz CT molecular complexity index is 551. The predicted molar refractivity (Wildman–Crippen MR) is 81.1 cm³/mol. The standard InChI is InChI=1S/C17H20O5/c1-3-20-16(18)11-13(2)22-17(14-7-5-4-6-8-14)15-12-19-9-10-21-15/h4-5,7,9-12,17H,3,6,8H2,1-2H3/b13-11-. The van der Waals surface area contributed by atoms with Gasteiger partial charge in [0.15, 0.2) is 11.9 Å². The first-order valence-corrected chi connectivity index (χ1v) is 7.25. The maximum Gasteiger partial charge on any atom is 0.334 e. The average molecular weight is 304 g/mol. The van der Waals surface area contributed by atoms with E-state index in [1.807, 2.05) is 12.2 Å². The third-order valence-electron chi connectivity index (χ3n) is 3.08. The minimum absolute atomic E-state index is 0.328. The Morgan fingerprint density at radius 3 is 2.95 bits per heavy atom. The minimum atomic E-state index is -0.430. The van der Waals surface area contributed by atoms with Crippen LogP contribution in [-0.4, -0.2) is 18.7 Å². The lowest BCUT2D eigenvalue weighted by atomic mass is 9.98. The quantitative estimate of drug-likeness (QED) is 0.427. The van der Waals surface area contributed by atoms with E-state index in [9.17, 15) is 4.79 Å². The van der Waals surface area contributed by atoms with Gasteiger partial charge in [-0.1, -0.05) is 18.2 Å². The van der Waals surface area contributed by atoms with Crippen molar-refractivity contribution in [2.45, 2.75) is 32.8 Å². The number of esters is 1. The van der Waals surface area contributed by atoms with Crippen molar-refractivity contribution in [1.82, 2.24) is 0 Å². The van der Waals surface area contributed by atoms with Crippen LogP contribution in [0.15, 0.2) is 60.2 Å². The molecule has 1 atom stereocenters. The van der Waals surface area contributed by atoms with Crippen molar-refractivity contribution in [3.05, 3.63) is 60.2 Å². The molecule has 22 heavy (non-hydrogen) atoms. The van der Waals surface area contributed by atoms with Gasteiger partial charge in [-0.2, -0.15) is 0 Å². The molecule has 5 nitrogen and oxygen atoms in total. The fraction of sp³-hybridized carbons (Fsp3) is 0.353. The number of ether oxygens (including phenoxy) is 4. The van der Waals surface area contributed by atoms with Crippen LogP contribution in [0.25, 0.3) is 0 Å². The van der Waals surface area contributed by atoms with Gasteiger partial charge >= 0.3 is 5.97 Å². The van der Waals surface area contributed by atoms with Gasteiger partial charge in [0.2, 0.25) is 0 Å². The Morgan fingerprint density at radius 2 is 2.32 bits per heavy atom. The van der Waals surface area contributed by atoms with Gasteiger partial charge in [0.25, 0.3) is 0 Å². The number of carbonyl (C=O) groups excluding carboxylic acids is 1. The number of hydrogen-bond acceptors (Lipinski definition) is 5. The van der Waals surface area contributed by atoms with Gasteiger partial charge in [0.05, 0.1) is 12.7 Å². The molecule has 0 radical (unpaired) electrons. The number of carbonyl (C=O) groups is 1. The first kappa shape index (κ1) is 15.9. The van der Waals surface area contributed by atoms with Crippen LogP contribution in [0.3, 0.4) is 0 Å². The molecule has 0 aromatic carbocycles. The van der Waals surface area contributed by atoms with Gasteiger partial charge in [0, 0.05) is 0 Å². The van der Waals surface area contributed by atoms with Crippen LogP contribution in [0.1, 0.15) is 26.7 Å². The van der Waals surface area contributed by atoms with E-state index in [1.54, 1.807) is 13.8 Å². The summed E-state index contributed by atoms with van der Waals surface area (Å²) >= 11 is 0. The van der Waals surface area contributed by atoms with E-state index in [4.69, 9.17) is 18.9 Å². The van der Waals surface area contributed by atoms with Crippen LogP contribution in [-0.2, 0) is 23.7 Å². The molecule has 1 aliphatic heterocycles. The molecule has 0 amide bonds. The van der Waals surface area contributed by atoms with Crippen LogP contribution in [0, 0.1) is 0 Å². The summed E-state index contributed by atoms with van der Waals surface area (Å²) in [6, 6.07) is 0. The van der Waals surface area contributed by atoms with Crippen LogP contribution in [0.5, 0.6) is 0 Å². The molecular formula is C17H20O5. The van der Waals surface area contributed by atoms with Crippen LogP contribution >= 0.6 is 0 Å². The van der Waals surface area contributed by atoms with Gasteiger partial charge in [-0.05, 0) is 32.3 Å². The van der Waals surface area contributed by atoms with Crippen molar-refractivity contribution in [1.29, 1.82) is 0 Å². The molecule has 1 aliphatic carbocycles. The zero-order valence-corrected chi connectivity index (χ0v) is 12.8. The van der Waals surface area contributed by atoms with Crippen molar-refractivity contribution in [3.63, 3.8) is 0 Å². The Morgan fingerprint density at radius 1 is 1.45 bits per heavy atom. The number of hydrogen-bond donors (Lipinski definition) is 0. The molecule has 5 heteroatoms. The minimum Gasteiger partial charge on any atom is -0.482 e. The predicted octanol–water partition coefficient (Wildman–Crippen LogP) is 3.47. The lowest BCUT2D eigenvalue weighted by molar-refractivity contribution is -0.137. The molecule has 0 saturated carbocycles. The molecule has 0 aromatic heterocycles. The van der Waals surface area contributed by atoms with Crippen molar-refractivity contribution < 1.29 is 23.7 Å². The third-order valence-corrected chi connectivity index (χ3v) is 3.08. The van der Waals surface area contributed by atoms with Crippen molar-refractivity contribution in [3.8, 4) is 0 Å². The summed E-state index contributed by atoms with van der Waals surface area (Å²) in [4.78, 5) is 11.5. The molecule has 0 saturated heterocycles. The monoisotopic (exact) mass is 304 g/mol. The fourth-order valence-electron chi connectivity index (χ4n) is 2.12. The average Bonchev–Trinajstić information content (AvgIpc) is 2.54. The second-order valence-corrected chi connectivity index (χ2v) is 4.76. The maximum absolute atomic E-state index is 11.5. The lowest BCUT2D eigenvalue weighted by Gasteiger charge is -2.25. The molecule has 0 bridgehead atoms. The van der Waals surface area contributed by atoms with Crippen LogP contribution in [0.4, 0.5) is 0 Å². The topological polar surface area (TPSA) is 54.0 Å². The lowest BCUT2D eigenvalue weighted by Crippen LogP contribution is -2.21. The second-order valence-electron chi connectivity index (χ2n) is 4.76. The zero-order chi connectivity index (χ0) is 15.8. The summed E-state index contributed by atoms with van der Waals surface area (Å²) in [6.45, 7) is 3.80. The summed E-state index contributed by atoms with van der Waals surface area (Å²) in [5.74, 6) is 0.574. The second kappa shape index (κ2) is 8.12. The van der Waals surface area contributed by atoms with Crippen LogP contribution < -0.4 is 0 Å². The first-order valence-electron chi connectivity index (χ1n) is 7.25. The molecule has 2 aliphatic rings.